The Balaban J connectivity index is 2.19. The molecule has 1 aromatic rings. The second-order valence-electron chi connectivity index (χ2n) is 4.85. The van der Waals surface area contributed by atoms with E-state index in [4.69, 9.17) is 0 Å². The van der Waals surface area contributed by atoms with Crippen molar-refractivity contribution in [3.8, 4) is 0 Å². The number of aryl methyl sites for hydroxylation is 1. The molecule has 0 saturated carbocycles. The van der Waals surface area contributed by atoms with Crippen molar-refractivity contribution in [3.63, 3.8) is 0 Å². The van der Waals surface area contributed by atoms with E-state index in [1.807, 2.05) is 19.9 Å². The second kappa shape index (κ2) is 4.24. The number of rotatable bonds is 2. The minimum Gasteiger partial charge on any atom is -0.364 e. The molecule has 0 amide bonds. The van der Waals surface area contributed by atoms with Crippen LogP contribution in [0.4, 0.5) is 5.82 Å². The van der Waals surface area contributed by atoms with Crippen LogP contribution in [0.1, 0.15) is 18.9 Å². The minimum absolute atomic E-state index is 0.177. The van der Waals surface area contributed by atoms with E-state index >= 15 is 0 Å². The summed E-state index contributed by atoms with van der Waals surface area (Å²) in [5.74, 6) is 1.16. The van der Waals surface area contributed by atoms with Gasteiger partial charge in [-0.1, -0.05) is 0 Å². The molecule has 0 aromatic carbocycles. The SMILES string of the molecule is Cc1cc(NC2(C)CCS(=O)(=O)C2)ncc1Br. The molecule has 94 valence electrons. The number of hydrogen-bond acceptors (Lipinski definition) is 4. The fourth-order valence-corrected chi connectivity index (χ4v) is 4.34. The molecule has 4 nitrogen and oxygen atoms in total. The molecule has 0 bridgehead atoms. The van der Waals surface area contributed by atoms with Crippen LogP contribution in [0.5, 0.6) is 0 Å². The van der Waals surface area contributed by atoms with Crippen molar-refractivity contribution in [1.29, 1.82) is 0 Å². The summed E-state index contributed by atoms with van der Waals surface area (Å²) in [5, 5.41) is 3.23. The predicted molar refractivity (Wildman–Crippen MR) is 72.0 cm³/mol. The molecule has 2 heterocycles. The summed E-state index contributed by atoms with van der Waals surface area (Å²) in [6.45, 7) is 3.90. The quantitative estimate of drug-likeness (QED) is 0.907. The highest BCUT2D eigenvalue weighted by molar-refractivity contribution is 9.10. The van der Waals surface area contributed by atoms with E-state index in [-0.39, 0.29) is 11.5 Å². The number of hydrogen-bond donors (Lipinski definition) is 1. The molecule has 1 unspecified atom stereocenters. The molecule has 1 saturated heterocycles. The van der Waals surface area contributed by atoms with Crippen LogP contribution < -0.4 is 5.32 Å². The van der Waals surface area contributed by atoms with Crippen molar-refractivity contribution in [1.82, 2.24) is 4.98 Å². The number of halogens is 1. The van der Waals surface area contributed by atoms with Gasteiger partial charge in [-0.05, 0) is 47.8 Å². The van der Waals surface area contributed by atoms with E-state index in [9.17, 15) is 8.42 Å². The highest BCUT2D eigenvalue weighted by Gasteiger charge is 2.38. The molecule has 6 heteroatoms. The van der Waals surface area contributed by atoms with Crippen LogP contribution in [0, 0.1) is 6.92 Å². The third-order valence-corrected chi connectivity index (χ3v) is 5.71. The molecule has 1 fully saturated rings. The van der Waals surface area contributed by atoms with E-state index in [1.54, 1.807) is 6.20 Å². The summed E-state index contributed by atoms with van der Waals surface area (Å²) >= 11 is 3.39. The van der Waals surface area contributed by atoms with Gasteiger partial charge in [0, 0.05) is 10.7 Å². The number of sulfone groups is 1. The molecule has 0 radical (unpaired) electrons. The van der Waals surface area contributed by atoms with E-state index in [0.29, 0.717) is 6.42 Å². The normalized spacial score (nSPS) is 27.0. The summed E-state index contributed by atoms with van der Waals surface area (Å²) in [6.07, 6.45) is 2.36. The fraction of sp³-hybridized carbons (Fsp3) is 0.545. The number of pyridine rings is 1. The Morgan fingerprint density at radius 3 is 2.76 bits per heavy atom. The van der Waals surface area contributed by atoms with Gasteiger partial charge in [0.25, 0.3) is 0 Å². The van der Waals surface area contributed by atoms with E-state index in [0.717, 1.165) is 15.9 Å². The predicted octanol–water partition coefficient (Wildman–Crippen LogP) is 2.14. The lowest BCUT2D eigenvalue weighted by Gasteiger charge is -2.24. The highest BCUT2D eigenvalue weighted by Crippen LogP contribution is 2.27. The molecule has 1 aliphatic rings. The standard InChI is InChI=1S/C11H15BrN2O2S/c1-8-5-10(13-6-9(8)12)14-11(2)3-4-17(15,16)7-11/h5-6H,3-4,7H2,1-2H3,(H,13,14). The molecule has 1 aromatic heterocycles. The fourth-order valence-electron chi connectivity index (χ4n) is 2.03. The first-order valence-corrected chi connectivity index (χ1v) is 8.02. The topological polar surface area (TPSA) is 59.1 Å². The number of anilines is 1. The molecular weight excluding hydrogens is 304 g/mol. The Kier molecular flexibility index (Phi) is 3.20. The average molecular weight is 319 g/mol. The van der Waals surface area contributed by atoms with Gasteiger partial charge in [-0.3, -0.25) is 0 Å². The molecule has 0 spiro atoms. The van der Waals surface area contributed by atoms with Crippen LogP contribution in [0.25, 0.3) is 0 Å². The molecule has 2 rings (SSSR count). The maximum Gasteiger partial charge on any atom is 0.152 e. The van der Waals surface area contributed by atoms with Crippen molar-refractivity contribution in [2.45, 2.75) is 25.8 Å². The first kappa shape index (κ1) is 12.8. The van der Waals surface area contributed by atoms with Gasteiger partial charge < -0.3 is 5.32 Å². The number of nitrogens with zero attached hydrogens (tertiary/aromatic N) is 1. The lowest BCUT2D eigenvalue weighted by atomic mass is 10.0. The van der Waals surface area contributed by atoms with Crippen molar-refractivity contribution < 1.29 is 8.42 Å². The van der Waals surface area contributed by atoms with Gasteiger partial charge in [-0.2, -0.15) is 0 Å². The van der Waals surface area contributed by atoms with Crippen molar-refractivity contribution in [2.75, 3.05) is 16.8 Å². The summed E-state index contributed by atoms with van der Waals surface area (Å²) in [4.78, 5) is 4.24. The minimum atomic E-state index is -2.89. The molecule has 1 atom stereocenters. The Morgan fingerprint density at radius 1 is 1.53 bits per heavy atom. The maximum absolute atomic E-state index is 11.5. The van der Waals surface area contributed by atoms with Crippen LogP contribution >= 0.6 is 15.9 Å². The van der Waals surface area contributed by atoms with Crippen molar-refractivity contribution in [2.24, 2.45) is 0 Å². The largest absolute Gasteiger partial charge is 0.364 e. The lowest BCUT2D eigenvalue weighted by Crippen LogP contribution is -2.36. The highest BCUT2D eigenvalue weighted by atomic mass is 79.9. The number of aromatic nitrogens is 1. The van der Waals surface area contributed by atoms with Gasteiger partial charge in [0.15, 0.2) is 9.84 Å². The Labute approximate surface area is 110 Å². The van der Waals surface area contributed by atoms with Gasteiger partial charge in [-0.15, -0.1) is 0 Å². The second-order valence-corrected chi connectivity index (χ2v) is 7.88. The van der Waals surface area contributed by atoms with Crippen LogP contribution in [-0.2, 0) is 9.84 Å². The maximum atomic E-state index is 11.5. The molecule has 0 aliphatic carbocycles. The van der Waals surface area contributed by atoms with Crippen LogP contribution in [0.3, 0.4) is 0 Å². The van der Waals surface area contributed by atoms with Gasteiger partial charge in [-0.25, -0.2) is 13.4 Å². The lowest BCUT2D eigenvalue weighted by molar-refractivity contribution is 0.572. The van der Waals surface area contributed by atoms with E-state index < -0.39 is 15.4 Å². The van der Waals surface area contributed by atoms with Crippen LogP contribution in [-0.4, -0.2) is 30.4 Å². The van der Waals surface area contributed by atoms with Crippen LogP contribution in [0.2, 0.25) is 0 Å². The Bertz CT molecular complexity index is 544. The summed E-state index contributed by atoms with van der Waals surface area (Å²) < 4.78 is 23.9. The van der Waals surface area contributed by atoms with Gasteiger partial charge in [0.1, 0.15) is 5.82 Å². The van der Waals surface area contributed by atoms with E-state index in [1.165, 1.54) is 0 Å². The molecule has 17 heavy (non-hydrogen) atoms. The Morgan fingerprint density at radius 2 is 2.24 bits per heavy atom. The third kappa shape index (κ3) is 2.98. The van der Waals surface area contributed by atoms with Gasteiger partial charge in [0.05, 0.1) is 17.0 Å². The first-order valence-electron chi connectivity index (χ1n) is 5.40. The zero-order valence-electron chi connectivity index (χ0n) is 9.83. The molecule has 1 aliphatic heterocycles. The summed E-state index contributed by atoms with van der Waals surface area (Å²) in [6, 6.07) is 1.92. The smallest absolute Gasteiger partial charge is 0.152 e. The van der Waals surface area contributed by atoms with Crippen molar-refractivity contribution in [3.05, 3.63) is 22.3 Å². The monoisotopic (exact) mass is 318 g/mol. The summed E-state index contributed by atoms with van der Waals surface area (Å²) in [7, 11) is -2.89. The van der Waals surface area contributed by atoms with Crippen molar-refractivity contribution >= 4 is 31.6 Å². The molecule has 1 N–H and O–H groups in total. The molecular formula is C11H15BrN2O2S. The van der Waals surface area contributed by atoms with E-state index in [2.05, 4.69) is 26.2 Å². The summed E-state index contributed by atoms with van der Waals surface area (Å²) in [5.41, 5.74) is 0.679. The third-order valence-electron chi connectivity index (χ3n) is 2.98. The first-order chi connectivity index (χ1) is 7.80. The van der Waals surface area contributed by atoms with Gasteiger partial charge >= 0.3 is 0 Å². The zero-order valence-corrected chi connectivity index (χ0v) is 12.2. The Hall–Kier alpha value is -0.620. The van der Waals surface area contributed by atoms with Gasteiger partial charge in [0.2, 0.25) is 0 Å². The average Bonchev–Trinajstić information content (AvgIpc) is 2.47. The zero-order chi connectivity index (χ0) is 12.7. The van der Waals surface area contributed by atoms with Crippen LogP contribution in [0.15, 0.2) is 16.7 Å². The number of nitrogens with one attached hydrogen (secondary N) is 1.